The molecule has 28 heavy (non-hydrogen) atoms. The van der Waals surface area contributed by atoms with E-state index in [4.69, 9.17) is 5.26 Å². The number of benzene rings is 1. The molecule has 0 unspecified atom stereocenters. The molecule has 1 aliphatic carbocycles. The largest absolute Gasteiger partial charge is 0.348 e. The minimum atomic E-state index is -3.69. The van der Waals surface area contributed by atoms with E-state index >= 15 is 0 Å². The number of amides is 1. The third kappa shape index (κ3) is 5.29. The highest BCUT2D eigenvalue weighted by atomic mass is 32.2. The van der Waals surface area contributed by atoms with Gasteiger partial charge in [0.1, 0.15) is 0 Å². The van der Waals surface area contributed by atoms with E-state index in [0.29, 0.717) is 5.56 Å². The van der Waals surface area contributed by atoms with Crippen LogP contribution < -0.4 is 5.32 Å². The molecule has 2 rings (SSSR count). The van der Waals surface area contributed by atoms with Crippen molar-refractivity contribution in [3.63, 3.8) is 0 Å². The molecule has 1 aliphatic rings. The predicted molar refractivity (Wildman–Crippen MR) is 106 cm³/mol. The van der Waals surface area contributed by atoms with Gasteiger partial charge >= 0.3 is 0 Å². The maximum absolute atomic E-state index is 12.6. The molecule has 0 saturated heterocycles. The highest BCUT2D eigenvalue weighted by molar-refractivity contribution is 7.94. The van der Waals surface area contributed by atoms with Gasteiger partial charge in [0, 0.05) is 17.4 Å². The lowest BCUT2D eigenvalue weighted by Crippen LogP contribution is -2.43. The highest BCUT2D eigenvalue weighted by Gasteiger charge is 2.31. The van der Waals surface area contributed by atoms with Crippen molar-refractivity contribution in [2.24, 2.45) is 5.92 Å². The number of hydrogen-bond acceptors (Lipinski definition) is 5. The summed E-state index contributed by atoms with van der Waals surface area (Å²) in [6.07, 6.45) is 6.00. The number of carbonyl (C=O) groups is 2. The first-order chi connectivity index (χ1) is 13.2. The van der Waals surface area contributed by atoms with Crippen molar-refractivity contribution in [1.29, 1.82) is 5.26 Å². The molecule has 1 amide bonds. The van der Waals surface area contributed by atoms with E-state index in [1.807, 2.05) is 0 Å². The van der Waals surface area contributed by atoms with Gasteiger partial charge < -0.3 is 5.32 Å². The van der Waals surface area contributed by atoms with Crippen LogP contribution in [0.25, 0.3) is 0 Å². The Hall–Kier alpha value is -2.46. The standard InChI is InChI=1S/C21H26N2O4S/c1-21(2,20(25)23-15-19(24)16-7-4-3-5-8-16)17-9-11-18(12-10-17)28(26,27)14-6-13-22/h6,9-12,14,16H,3-5,7-8,15H2,1-2H3,(H,23,25)/b14-6+. The average Bonchev–Trinajstić information content (AvgIpc) is 2.70. The molecule has 1 N–H and O–H groups in total. The SMILES string of the molecule is CC(C)(C(=O)NCC(=O)C1CCCCC1)c1ccc(S(=O)(=O)/C=C/C#N)cc1. The second-order valence-electron chi connectivity index (χ2n) is 7.61. The monoisotopic (exact) mass is 402 g/mol. The van der Waals surface area contributed by atoms with Crippen LogP contribution in [0.15, 0.2) is 40.6 Å². The van der Waals surface area contributed by atoms with Gasteiger partial charge in [0.15, 0.2) is 5.78 Å². The summed E-state index contributed by atoms with van der Waals surface area (Å²) in [6.45, 7) is 3.48. The molecule has 1 fully saturated rings. The van der Waals surface area contributed by atoms with E-state index in [1.54, 1.807) is 32.0 Å². The van der Waals surface area contributed by atoms with E-state index in [0.717, 1.165) is 37.2 Å². The van der Waals surface area contributed by atoms with Gasteiger partial charge in [-0.3, -0.25) is 9.59 Å². The number of hydrogen-bond donors (Lipinski definition) is 1. The molecule has 1 saturated carbocycles. The van der Waals surface area contributed by atoms with Crippen LogP contribution in [0.3, 0.4) is 0 Å². The van der Waals surface area contributed by atoms with Crippen LogP contribution in [0.5, 0.6) is 0 Å². The number of rotatable bonds is 7. The van der Waals surface area contributed by atoms with Gasteiger partial charge in [0.2, 0.25) is 15.7 Å². The molecule has 1 aromatic carbocycles. The zero-order valence-corrected chi connectivity index (χ0v) is 17.1. The molecule has 0 heterocycles. The molecule has 0 spiro atoms. The smallest absolute Gasteiger partial charge is 0.230 e. The summed E-state index contributed by atoms with van der Waals surface area (Å²) in [5.74, 6) is -0.158. The Balaban J connectivity index is 2.04. The molecule has 0 bridgehead atoms. The van der Waals surface area contributed by atoms with Crippen molar-refractivity contribution in [2.45, 2.75) is 56.3 Å². The minimum absolute atomic E-state index is 0.0261. The predicted octanol–water partition coefficient (Wildman–Crippen LogP) is 3.04. The van der Waals surface area contributed by atoms with Crippen molar-refractivity contribution < 1.29 is 18.0 Å². The topological polar surface area (TPSA) is 104 Å². The number of ketones is 1. The van der Waals surface area contributed by atoms with Crippen molar-refractivity contribution in [2.75, 3.05) is 6.54 Å². The maximum Gasteiger partial charge on any atom is 0.230 e. The lowest BCUT2D eigenvalue weighted by Gasteiger charge is -2.25. The second-order valence-corrected chi connectivity index (χ2v) is 9.44. The Morgan fingerprint density at radius 1 is 1.18 bits per heavy atom. The summed E-state index contributed by atoms with van der Waals surface area (Å²) >= 11 is 0. The summed E-state index contributed by atoms with van der Waals surface area (Å²) in [4.78, 5) is 25.0. The molecule has 0 aliphatic heterocycles. The van der Waals surface area contributed by atoms with Gasteiger partial charge in [-0.15, -0.1) is 0 Å². The number of nitrogens with zero attached hydrogens (tertiary/aromatic N) is 1. The first-order valence-corrected chi connectivity index (χ1v) is 11.0. The quantitative estimate of drug-likeness (QED) is 0.706. The Morgan fingerprint density at radius 2 is 1.79 bits per heavy atom. The molecular weight excluding hydrogens is 376 g/mol. The number of carbonyl (C=O) groups excluding carboxylic acids is 2. The van der Waals surface area contributed by atoms with Gasteiger partial charge in [0.25, 0.3) is 0 Å². The average molecular weight is 403 g/mol. The summed E-state index contributed by atoms with van der Waals surface area (Å²) in [7, 11) is -3.69. The normalized spacial score (nSPS) is 15.9. The highest BCUT2D eigenvalue weighted by Crippen LogP contribution is 2.26. The number of nitriles is 1. The lowest BCUT2D eigenvalue weighted by molar-refractivity contribution is -0.130. The zero-order valence-electron chi connectivity index (χ0n) is 16.3. The van der Waals surface area contributed by atoms with E-state index in [-0.39, 0.29) is 29.0 Å². The maximum atomic E-state index is 12.6. The van der Waals surface area contributed by atoms with Crippen molar-refractivity contribution in [3.8, 4) is 6.07 Å². The van der Waals surface area contributed by atoms with Crippen LogP contribution in [0.1, 0.15) is 51.5 Å². The second kappa shape index (κ2) is 9.16. The molecular formula is C21H26N2O4S. The van der Waals surface area contributed by atoms with Gasteiger partial charge in [-0.1, -0.05) is 31.4 Å². The summed E-state index contributed by atoms with van der Waals surface area (Å²) in [5, 5.41) is 12.1. The van der Waals surface area contributed by atoms with Gasteiger partial charge in [-0.2, -0.15) is 5.26 Å². The Kier molecular flexibility index (Phi) is 7.14. The molecule has 150 valence electrons. The molecule has 7 heteroatoms. The molecule has 0 radical (unpaired) electrons. The fraction of sp³-hybridized carbons (Fsp3) is 0.476. The summed E-state index contributed by atoms with van der Waals surface area (Å²) < 4.78 is 24.1. The zero-order chi connectivity index (χ0) is 20.8. The summed E-state index contributed by atoms with van der Waals surface area (Å²) in [5.41, 5.74) is -0.282. The van der Waals surface area contributed by atoms with Crippen LogP contribution >= 0.6 is 0 Å². The third-order valence-corrected chi connectivity index (χ3v) is 6.70. The van der Waals surface area contributed by atoms with E-state index in [2.05, 4.69) is 5.32 Å². The molecule has 6 nitrogen and oxygen atoms in total. The molecule has 0 aromatic heterocycles. The van der Waals surface area contributed by atoms with Crippen LogP contribution in [-0.4, -0.2) is 26.7 Å². The Morgan fingerprint density at radius 3 is 2.36 bits per heavy atom. The van der Waals surface area contributed by atoms with Crippen molar-refractivity contribution in [1.82, 2.24) is 5.32 Å². The van der Waals surface area contributed by atoms with Crippen LogP contribution in [0.4, 0.5) is 0 Å². The molecule has 0 atom stereocenters. The number of allylic oxidation sites excluding steroid dienone is 1. The minimum Gasteiger partial charge on any atom is -0.348 e. The number of nitrogens with one attached hydrogen (secondary N) is 1. The Labute approximate surface area is 166 Å². The fourth-order valence-corrected chi connectivity index (χ4v) is 4.26. The van der Waals surface area contributed by atoms with E-state index < -0.39 is 15.3 Å². The van der Waals surface area contributed by atoms with Crippen LogP contribution in [-0.2, 0) is 24.8 Å². The summed E-state index contributed by atoms with van der Waals surface area (Å²) in [6, 6.07) is 7.63. The number of sulfone groups is 1. The van der Waals surface area contributed by atoms with Gasteiger partial charge in [-0.05, 0) is 44.4 Å². The number of Topliss-reactive ketones (excluding diaryl/α,β-unsaturated/α-hetero) is 1. The van der Waals surface area contributed by atoms with E-state index in [9.17, 15) is 18.0 Å². The van der Waals surface area contributed by atoms with Crippen LogP contribution in [0.2, 0.25) is 0 Å². The van der Waals surface area contributed by atoms with Gasteiger partial charge in [0.05, 0.1) is 22.9 Å². The van der Waals surface area contributed by atoms with Crippen molar-refractivity contribution in [3.05, 3.63) is 41.3 Å². The van der Waals surface area contributed by atoms with Crippen molar-refractivity contribution >= 4 is 21.5 Å². The van der Waals surface area contributed by atoms with E-state index in [1.165, 1.54) is 18.6 Å². The van der Waals surface area contributed by atoms with Crippen LogP contribution in [0, 0.1) is 17.2 Å². The lowest BCUT2D eigenvalue weighted by atomic mass is 9.83. The fourth-order valence-electron chi connectivity index (χ4n) is 3.35. The first kappa shape index (κ1) is 21.8. The molecule has 1 aromatic rings. The Bertz CT molecular complexity index is 887. The third-order valence-electron chi connectivity index (χ3n) is 5.28. The first-order valence-electron chi connectivity index (χ1n) is 9.41. The van der Waals surface area contributed by atoms with Gasteiger partial charge in [-0.25, -0.2) is 8.42 Å².